The molecule has 98 valence electrons. The van der Waals surface area contributed by atoms with Gasteiger partial charge in [-0.1, -0.05) is 25.7 Å². The minimum Gasteiger partial charge on any atom is -0.381 e. The number of carbonyl (C=O) groups excluding carboxylic acids is 1. The first kappa shape index (κ1) is 13.0. The Kier molecular flexibility index (Phi) is 4.57. The van der Waals surface area contributed by atoms with Gasteiger partial charge in [-0.2, -0.15) is 0 Å². The standard InChI is InChI=1S/C14H25NO2/c15-11-14(7-3-1-2-4-8-14)13(16)12-5-9-17-10-6-12/h12H,1-11,15H2. The van der Waals surface area contributed by atoms with Crippen molar-refractivity contribution in [3.63, 3.8) is 0 Å². The predicted octanol–water partition coefficient (Wildman–Crippen LogP) is 2.28. The Bertz CT molecular complexity index is 251. The molecule has 0 aromatic rings. The fraction of sp³-hybridized carbons (Fsp3) is 0.929. The lowest BCUT2D eigenvalue weighted by atomic mass is 9.71. The van der Waals surface area contributed by atoms with Crippen molar-refractivity contribution in [1.29, 1.82) is 0 Å². The molecule has 2 fully saturated rings. The van der Waals surface area contributed by atoms with Crippen molar-refractivity contribution < 1.29 is 9.53 Å². The lowest BCUT2D eigenvalue weighted by molar-refractivity contribution is -0.136. The van der Waals surface area contributed by atoms with Crippen LogP contribution in [-0.4, -0.2) is 25.5 Å². The Balaban J connectivity index is 2.06. The number of carbonyl (C=O) groups is 1. The molecule has 0 bridgehead atoms. The van der Waals surface area contributed by atoms with E-state index in [2.05, 4.69) is 0 Å². The molecule has 0 aromatic heterocycles. The predicted molar refractivity (Wildman–Crippen MR) is 67.7 cm³/mol. The maximum absolute atomic E-state index is 12.7. The molecule has 0 radical (unpaired) electrons. The topological polar surface area (TPSA) is 52.3 Å². The fourth-order valence-electron chi connectivity index (χ4n) is 3.35. The van der Waals surface area contributed by atoms with Gasteiger partial charge >= 0.3 is 0 Å². The lowest BCUT2D eigenvalue weighted by Gasteiger charge is -2.34. The van der Waals surface area contributed by atoms with E-state index >= 15 is 0 Å². The summed E-state index contributed by atoms with van der Waals surface area (Å²) in [7, 11) is 0. The van der Waals surface area contributed by atoms with Gasteiger partial charge in [0.1, 0.15) is 5.78 Å². The van der Waals surface area contributed by atoms with E-state index in [1.165, 1.54) is 25.7 Å². The summed E-state index contributed by atoms with van der Waals surface area (Å²) in [6, 6.07) is 0. The van der Waals surface area contributed by atoms with Crippen LogP contribution in [0.4, 0.5) is 0 Å². The molecular formula is C14H25NO2. The van der Waals surface area contributed by atoms with E-state index in [-0.39, 0.29) is 11.3 Å². The Labute approximate surface area is 104 Å². The monoisotopic (exact) mass is 239 g/mol. The van der Waals surface area contributed by atoms with Gasteiger partial charge in [0, 0.05) is 31.1 Å². The SMILES string of the molecule is NCC1(C(=O)C2CCOCC2)CCCCCC1. The molecule has 2 N–H and O–H groups in total. The minimum atomic E-state index is -0.196. The highest BCUT2D eigenvalue weighted by Gasteiger charge is 2.40. The highest BCUT2D eigenvalue weighted by atomic mass is 16.5. The van der Waals surface area contributed by atoms with Crippen molar-refractivity contribution in [2.75, 3.05) is 19.8 Å². The zero-order valence-corrected chi connectivity index (χ0v) is 10.7. The molecular weight excluding hydrogens is 214 g/mol. The highest BCUT2D eigenvalue weighted by Crippen LogP contribution is 2.38. The number of hydrogen-bond acceptors (Lipinski definition) is 3. The third-order valence-electron chi connectivity index (χ3n) is 4.57. The van der Waals surface area contributed by atoms with Crippen molar-refractivity contribution in [3.05, 3.63) is 0 Å². The molecule has 2 aliphatic rings. The maximum atomic E-state index is 12.7. The minimum absolute atomic E-state index is 0.196. The first-order valence-corrected chi connectivity index (χ1v) is 7.11. The van der Waals surface area contributed by atoms with Crippen LogP contribution in [0.5, 0.6) is 0 Å². The van der Waals surface area contributed by atoms with E-state index in [4.69, 9.17) is 10.5 Å². The number of ketones is 1. The van der Waals surface area contributed by atoms with Crippen LogP contribution in [0.25, 0.3) is 0 Å². The molecule has 3 heteroatoms. The van der Waals surface area contributed by atoms with Crippen LogP contribution in [0, 0.1) is 11.3 Å². The Morgan fingerprint density at radius 3 is 2.24 bits per heavy atom. The van der Waals surface area contributed by atoms with Crippen molar-refractivity contribution in [2.45, 2.75) is 51.4 Å². The van der Waals surface area contributed by atoms with Crippen LogP contribution in [0.3, 0.4) is 0 Å². The second-order valence-electron chi connectivity index (χ2n) is 5.65. The largest absolute Gasteiger partial charge is 0.381 e. The molecule has 3 nitrogen and oxygen atoms in total. The van der Waals surface area contributed by atoms with Gasteiger partial charge in [0.15, 0.2) is 0 Å². The Hall–Kier alpha value is -0.410. The summed E-state index contributed by atoms with van der Waals surface area (Å²) in [6.45, 7) is 2.04. The number of ether oxygens (including phenoxy) is 1. The van der Waals surface area contributed by atoms with Gasteiger partial charge in [-0.15, -0.1) is 0 Å². The van der Waals surface area contributed by atoms with Crippen molar-refractivity contribution in [2.24, 2.45) is 17.1 Å². The van der Waals surface area contributed by atoms with Crippen molar-refractivity contribution in [1.82, 2.24) is 0 Å². The molecule has 1 aliphatic carbocycles. The summed E-state index contributed by atoms with van der Waals surface area (Å²) in [5, 5.41) is 0. The van der Waals surface area contributed by atoms with E-state index < -0.39 is 0 Å². The second-order valence-corrected chi connectivity index (χ2v) is 5.65. The summed E-state index contributed by atoms with van der Waals surface area (Å²) < 4.78 is 5.34. The van der Waals surface area contributed by atoms with Gasteiger partial charge in [-0.25, -0.2) is 0 Å². The van der Waals surface area contributed by atoms with Crippen LogP contribution in [0.15, 0.2) is 0 Å². The van der Waals surface area contributed by atoms with Gasteiger partial charge in [0.05, 0.1) is 0 Å². The van der Waals surface area contributed by atoms with Crippen LogP contribution >= 0.6 is 0 Å². The average Bonchev–Trinajstić information content (AvgIpc) is 2.65. The Morgan fingerprint density at radius 2 is 1.71 bits per heavy atom. The summed E-state index contributed by atoms with van der Waals surface area (Å²) in [4.78, 5) is 12.7. The summed E-state index contributed by atoms with van der Waals surface area (Å²) in [6.07, 6.45) is 8.71. The molecule has 0 amide bonds. The molecule has 0 unspecified atom stereocenters. The van der Waals surface area contributed by atoms with Crippen molar-refractivity contribution in [3.8, 4) is 0 Å². The number of rotatable bonds is 3. The smallest absolute Gasteiger partial charge is 0.143 e. The molecule has 0 aromatic carbocycles. The first-order chi connectivity index (χ1) is 8.28. The summed E-state index contributed by atoms with van der Waals surface area (Å²) >= 11 is 0. The van der Waals surface area contributed by atoms with Gasteiger partial charge in [-0.3, -0.25) is 4.79 Å². The Morgan fingerprint density at radius 1 is 1.12 bits per heavy atom. The van der Waals surface area contributed by atoms with Gasteiger partial charge in [0.25, 0.3) is 0 Å². The fourth-order valence-corrected chi connectivity index (χ4v) is 3.35. The lowest BCUT2D eigenvalue weighted by Crippen LogP contribution is -2.43. The van der Waals surface area contributed by atoms with E-state index in [1.54, 1.807) is 0 Å². The van der Waals surface area contributed by atoms with Crippen LogP contribution in [0.2, 0.25) is 0 Å². The molecule has 1 saturated carbocycles. The van der Waals surface area contributed by atoms with E-state index in [0.717, 1.165) is 38.9 Å². The van der Waals surface area contributed by atoms with Gasteiger partial charge < -0.3 is 10.5 Å². The molecule has 17 heavy (non-hydrogen) atoms. The molecule has 0 atom stereocenters. The van der Waals surface area contributed by atoms with Crippen molar-refractivity contribution >= 4 is 5.78 Å². The summed E-state index contributed by atoms with van der Waals surface area (Å²) in [5.74, 6) is 0.663. The summed E-state index contributed by atoms with van der Waals surface area (Å²) in [5.41, 5.74) is 5.77. The molecule has 2 rings (SSSR count). The molecule has 1 heterocycles. The van der Waals surface area contributed by atoms with E-state index in [0.29, 0.717) is 12.3 Å². The highest BCUT2D eigenvalue weighted by molar-refractivity contribution is 5.87. The van der Waals surface area contributed by atoms with Gasteiger partial charge in [-0.05, 0) is 25.7 Å². The number of nitrogens with two attached hydrogens (primary N) is 1. The third-order valence-corrected chi connectivity index (χ3v) is 4.57. The van der Waals surface area contributed by atoms with Crippen LogP contribution in [-0.2, 0) is 9.53 Å². The average molecular weight is 239 g/mol. The van der Waals surface area contributed by atoms with E-state index in [9.17, 15) is 4.79 Å². The quantitative estimate of drug-likeness (QED) is 0.769. The third kappa shape index (κ3) is 2.89. The first-order valence-electron chi connectivity index (χ1n) is 7.11. The molecule has 1 saturated heterocycles. The number of hydrogen-bond donors (Lipinski definition) is 1. The zero-order chi connectivity index (χ0) is 12.1. The van der Waals surface area contributed by atoms with Crippen LogP contribution < -0.4 is 5.73 Å². The number of Topliss-reactive ketones (excluding diaryl/α,β-unsaturated/α-hetero) is 1. The normalized spacial score (nSPS) is 26.4. The molecule has 1 aliphatic heterocycles. The maximum Gasteiger partial charge on any atom is 0.143 e. The molecule has 0 spiro atoms. The van der Waals surface area contributed by atoms with E-state index in [1.807, 2.05) is 0 Å². The van der Waals surface area contributed by atoms with Gasteiger partial charge in [0.2, 0.25) is 0 Å². The second kappa shape index (κ2) is 5.96. The van der Waals surface area contributed by atoms with Crippen LogP contribution in [0.1, 0.15) is 51.4 Å². The zero-order valence-electron chi connectivity index (χ0n) is 10.7.